The number of hydrogen-bond donors (Lipinski definition) is 0. The van der Waals surface area contributed by atoms with Crippen molar-refractivity contribution in [3.63, 3.8) is 0 Å². The molecule has 0 bridgehead atoms. The minimum atomic E-state index is -3.57. The van der Waals surface area contributed by atoms with Crippen LogP contribution in [-0.4, -0.2) is 32.4 Å². The molecule has 1 rings (SSSR count). The van der Waals surface area contributed by atoms with Gasteiger partial charge in [-0.15, -0.1) is 0 Å². The summed E-state index contributed by atoms with van der Waals surface area (Å²) in [7, 11) is -3.57. The van der Waals surface area contributed by atoms with Gasteiger partial charge in [-0.3, -0.25) is 4.18 Å². The van der Waals surface area contributed by atoms with Crippen LogP contribution in [0.1, 0.15) is 71.1 Å². The van der Waals surface area contributed by atoms with Crippen LogP contribution in [-0.2, 0) is 14.3 Å². The minimum absolute atomic E-state index is 0. The van der Waals surface area contributed by atoms with Gasteiger partial charge in [-0.2, -0.15) is 8.42 Å². The van der Waals surface area contributed by atoms with Gasteiger partial charge in [-0.05, 0) is 18.6 Å². The van der Waals surface area contributed by atoms with E-state index in [4.69, 9.17) is 4.18 Å². The van der Waals surface area contributed by atoms with Crippen molar-refractivity contribution >= 4 is 27.5 Å². The molecule has 0 N–H and O–H groups in total. The van der Waals surface area contributed by atoms with Crippen LogP contribution in [0.2, 0.25) is 0 Å². The Kier molecular flexibility index (Phi) is 13.8. The van der Waals surface area contributed by atoms with Crippen molar-refractivity contribution in [1.29, 1.82) is 0 Å². The summed E-state index contributed by atoms with van der Waals surface area (Å²) in [5.41, 5.74) is 0. The third-order valence-electron chi connectivity index (χ3n) is 3.77. The number of unbranched alkanes of at least 4 members (excludes halogenated alkanes) is 9. The standard InChI is InChI=1S/C18H30O3S.Al.3H/c1-2-3-4-5-6-7-8-9-10-14-17-21-22(19,20)18-15-12-11-13-16-18;;;;/h11-13,15-16H,2-10,14,17H2,1H3;;;;. The van der Waals surface area contributed by atoms with Crippen molar-refractivity contribution in [3.05, 3.63) is 30.3 Å². The van der Waals surface area contributed by atoms with E-state index in [0.717, 1.165) is 12.8 Å². The zero-order chi connectivity index (χ0) is 16.1. The van der Waals surface area contributed by atoms with Gasteiger partial charge in [0.1, 0.15) is 0 Å². The molecule has 0 aliphatic heterocycles. The van der Waals surface area contributed by atoms with E-state index in [2.05, 4.69) is 6.92 Å². The summed E-state index contributed by atoms with van der Waals surface area (Å²) in [6, 6.07) is 8.33. The fraction of sp³-hybridized carbons (Fsp3) is 0.667. The highest BCUT2D eigenvalue weighted by atomic mass is 32.2. The van der Waals surface area contributed by atoms with Gasteiger partial charge in [0.2, 0.25) is 0 Å². The Morgan fingerprint density at radius 3 is 1.78 bits per heavy atom. The number of benzene rings is 1. The quantitative estimate of drug-likeness (QED) is 0.303. The van der Waals surface area contributed by atoms with Crippen molar-refractivity contribution in [3.8, 4) is 0 Å². The van der Waals surface area contributed by atoms with E-state index < -0.39 is 10.1 Å². The van der Waals surface area contributed by atoms with Crippen LogP contribution in [0.4, 0.5) is 0 Å². The monoisotopic (exact) mass is 356 g/mol. The highest BCUT2D eigenvalue weighted by molar-refractivity contribution is 7.86. The van der Waals surface area contributed by atoms with Gasteiger partial charge in [0.25, 0.3) is 10.1 Å². The average molecular weight is 357 g/mol. The van der Waals surface area contributed by atoms with Crippen molar-refractivity contribution < 1.29 is 12.6 Å². The maximum atomic E-state index is 11.9. The molecule has 0 aliphatic rings. The lowest BCUT2D eigenvalue weighted by molar-refractivity contribution is 0.306. The molecule has 0 radical (unpaired) electrons. The third kappa shape index (κ3) is 10.9. The molecule has 0 fully saturated rings. The van der Waals surface area contributed by atoms with E-state index in [1.165, 1.54) is 51.4 Å². The summed E-state index contributed by atoms with van der Waals surface area (Å²) in [6.07, 6.45) is 12.3. The maximum Gasteiger partial charge on any atom is 0.296 e. The molecule has 0 saturated heterocycles. The highest BCUT2D eigenvalue weighted by Crippen LogP contribution is 2.13. The highest BCUT2D eigenvalue weighted by Gasteiger charge is 2.13. The van der Waals surface area contributed by atoms with Gasteiger partial charge >= 0.3 is 0 Å². The van der Waals surface area contributed by atoms with Crippen LogP contribution in [0.15, 0.2) is 35.2 Å². The second-order valence-electron chi connectivity index (χ2n) is 5.77. The van der Waals surface area contributed by atoms with Gasteiger partial charge in [-0.1, -0.05) is 82.9 Å². The summed E-state index contributed by atoms with van der Waals surface area (Å²) >= 11 is 0. The Morgan fingerprint density at radius 1 is 0.783 bits per heavy atom. The smallest absolute Gasteiger partial charge is 0.266 e. The molecule has 5 heteroatoms. The van der Waals surface area contributed by atoms with E-state index in [-0.39, 0.29) is 28.9 Å². The lowest BCUT2D eigenvalue weighted by Crippen LogP contribution is -2.07. The zero-order valence-electron chi connectivity index (χ0n) is 13.8. The molecule has 0 heterocycles. The molecule has 1 aromatic carbocycles. The molecular formula is C18H33AlO3S. The molecule has 0 spiro atoms. The molecule has 0 atom stereocenters. The van der Waals surface area contributed by atoms with E-state index in [1.54, 1.807) is 30.3 Å². The third-order valence-corrected chi connectivity index (χ3v) is 5.09. The zero-order valence-corrected chi connectivity index (χ0v) is 14.6. The first kappa shape index (κ1) is 22.7. The summed E-state index contributed by atoms with van der Waals surface area (Å²) in [5, 5.41) is 0. The molecule has 3 nitrogen and oxygen atoms in total. The van der Waals surface area contributed by atoms with Crippen LogP contribution in [0.3, 0.4) is 0 Å². The maximum absolute atomic E-state index is 11.9. The predicted molar refractivity (Wildman–Crippen MR) is 101 cm³/mol. The van der Waals surface area contributed by atoms with Crippen molar-refractivity contribution in [2.45, 2.75) is 76.0 Å². The van der Waals surface area contributed by atoms with E-state index >= 15 is 0 Å². The normalized spacial score (nSPS) is 11.2. The Hall–Kier alpha value is -0.338. The van der Waals surface area contributed by atoms with E-state index in [9.17, 15) is 8.42 Å². The summed E-state index contributed by atoms with van der Waals surface area (Å²) in [4.78, 5) is 0.238. The predicted octanol–water partition coefficient (Wildman–Crippen LogP) is 4.13. The first-order valence-electron chi connectivity index (χ1n) is 8.61. The SMILES string of the molecule is CCCCCCCCCCCCOS(=O)(=O)c1ccccc1.[AlH3]. The second kappa shape index (κ2) is 14.0. The molecule has 1 aromatic rings. The molecular weight excluding hydrogens is 323 g/mol. The Labute approximate surface area is 153 Å². The molecule has 0 aliphatic carbocycles. The van der Waals surface area contributed by atoms with Crippen LogP contribution >= 0.6 is 0 Å². The second-order valence-corrected chi connectivity index (χ2v) is 7.39. The van der Waals surface area contributed by atoms with Crippen LogP contribution in [0.5, 0.6) is 0 Å². The molecule has 0 aromatic heterocycles. The largest absolute Gasteiger partial charge is 0.296 e. The fourth-order valence-electron chi connectivity index (χ4n) is 2.41. The summed E-state index contributed by atoms with van der Waals surface area (Å²) < 4.78 is 28.8. The van der Waals surface area contributed by atoms with Crippen molar-refractivity contribution in [2.75, 3.05) is 6.61 Å². The van der Waals surface area contributed by atoms with Gasteiger partial charge in [-0.25, -0.2) is 0 Å². The molecule has 0 unspecified atom stereocenters. The Bertz CT molecular complexity index is 474. The Balaban J connectivity index is 0.00000484. The van der Waals surface area contributed by atoms with E-state index in [0.29, 0.717) is 0 Å². The lowest BCUT2D eigenvalue weighted by Gasteiger charge is -2.05. The van der Waals surface area contributed by atoms with Crippen LogP contribution in [0, 0.1) is 0 Å². The lowest BCUT2D eigenvalue weighted by atomic mass is 10.1. The first-order valence-corrected chi connectivity index (χ1v) is 10.0. The van der Waals surface area contributed by atoms with Crippen LogP contribution < -0.4 is 0 Å². The summed E-state index contributed by atoms with van der Waals surface area (Å²) in [5.74, 6) is 0. The topological polar surface area (TPSA) is 43.4 Å². The van der Waals surface area contributed by atoms with Crippen LogP contribution in [0.25, 0.3) is 0 Å². The average Bonchev–Trinajstić information content (AvgIpc) is 2.53. The number of rotatable bonds is 13. The first-order chi connectivity index (χ1) is 10.7. The van der Waals surface area contributed by atoms with Crippen molar-refractivity contribution in [1.82, 2.24) is 0 Å². The molecule has 132 valence electrons. The minimum Gasteiger partial charge on any atom is -0.266 e. The Morgan fingerprint density at radius 2 is 1.26 bits per heavy atom. The fourth-order valence-corrected chi connectivity index (χ4v) is 3.38. The van der Waals surface area contributed by atoms with Crippen molar-refractivity contribution in [2.24, 2.45) is 0 Å². The molecule has 23 heavy (non-hydrogen) atoms. The summed E-state index contributed by atoms with van der Waals surface area (Å²) in [6.45, 7) is 2.52. The van der Waals surface area contributed by atoms with Gasteiger partial charge in [0.15, 0.2) is 17.4 Å². The van der Waals surface area contributed by atoms with E-state index in [1.807, 2.05) is 0 Å². The van der Waals surface area contributed by atoms with Gasteiger partial charge in [0.05, 0.1) is 11.5 Å². The molecule has 0 saturated carbocycles. The molecule has 0 amide bonds. The van der Waals surface area contributed by atoms with Gasteiger partial charge in [0, 0.05) is 0 Å². The number of hydrogen-bond acceptors (Lipinski definition) is 3. The van der Waals surface area contributed by atoms with Gasteiger partial charge < -0.3 is 0 Å².